The van der Waals surface area contributed by atoms with Crippen molar-refractivity contribution >= 4 is 23.4 Å². The Balaban J connectivity index is 2.70. The molecule has 0 heterocycles. The third-order valence-electron chi connectivity index (χ3n) is 3.35. The molecule has 0 bridgehead atoms. The first-order valence-electron chi connectivity index (χ1n) is 8.01. The normalized spacial score (nSPS) is 12.4. The van der Waals surface area contributed by atoms with Gasteiger partial charge in [0.1, 0.15) is 12.6 Å². The minimum Gasteiger partial charge on any atom is -0.460 e. The van der Waals surface area contributed by atoms with Crippen LogP contribution in [0.5, 0.6) is 0 Å². The Labute approximate surface area is 147 Å². The van der Waals surface area contributed by atoms with Gasteiger partial charge in [0, 0.05) is 5.69 Å². The van der Waals surface area contributed by atoms with Crippen molar-refractivity contribution in [2.45, 2.75) is 33.2 Å². The number of nitrogens with zero attached hydrogens (tertiary/aromatic N) is 1. The SMILES string of the molecule is C=CCOC(=O)C(CC(C)C)NC(=O)Nc1ccc(/C(C)=N/O)cc1. The average molecular weight is 347 g/mol. The van der Waals surface area contributed by atoms with E-state index >= 15 is 0 Å². The molecule has 0 saturated carbocycles. The predicted molar refractivity (Wildman–Crippen MR) is 97.0 cm³/mol. The number of amides is 2. The summed E-state index contributed by atoms with van der Waals surface area (Å²) < 4.78 is 5.02. The van der Waals surface area contributed by atoms with Gasteiger partial charge in [-0.15, -0.1) is 0 Å². The van der Waals surface area contributed by atoms with Crippen LogP contribution in [0.25, 0.3) is 0 Å². The van der Waals surface area contributed by atoms with Gasteiger partial charge in [-0.25, -0.2) is 9.59 Å². The lowest BCUT2D eigenvalue weighted by atomic mass is 10.0. The lowest BCUT2D eigenvalue weighted by molar-refractivity contribution is -0.145. The molecule has 0 aliphatic carbocycles. The summed E-state index contributed by atoms with van der Waals surface area (Å²) in [5.74, 6) is -0.282. The van der Waals surface area contributed by atoms with Crippen LogP contribution in [0.4, 0.5) is 10.5 Å². The highest BCUT2D eigenvalue weighted by Crippen LogP contribution is 2.11. The number of hydrogen-bond donors (Lipinski definition) is 3. The number of nitrogens with one attached hydrogen (secondary N) is 2. The summed E-state index contributed by atoms with van der Waals surface area (Å²) in [4.78, 5) is 24.2. The minimum atomic E-state index is -0.733. The minimum absolute atomic E-state index is 0.101. The van der Waals surface area contributed by atoms with Crippen molar-refractivity contribution in [1.82, 2.24) is 5.32 Å². The van der Waals surface area contributed by atoms with E-state index in [0.29, 0.717) is 17.8 Å². The van der Waals surface area contributed by atoms with Crippen molar-refractivity contribution in [2.75, 3.05) is 11.9 Å². The van der Waals surface area contributed by atoms with Crippen molar-refractivity contribution < 1.29 is 19.5 Å². The van der Waals surface area contributed by atoms with E-state index in [0.717, 1.165) is 5.56 Å². The lowest BCUT2D eigenvalue weighted by Crippen LogP contribution is -2.44. The second-order valence-corrected chi connectivity index (χ2v) is 5.96. The van der Waals surface area contributed by atoms with Gasteiger partial charge in [-0.3, -0.25) is 0 Å². The van der Waals surface area contributed by atoms with E-state index < -0.39 is 18.0 Å². The molecule has 0 aromatic heterocycles. The van der Waals surface area contributed by atoms with Gasteiger partial charge in [-0.2, -0.15) is 0 Å². The van der Waals surface area contributed by atoms with Crippen LogP contribution >= 0.6 is 0 Å². The molecule has 1 unspecified atom stereocenters. The number of carbonyl (C=O) groups is 2. The first-order chi connectivity index (χ1) is 11.9. The van der Waals surface area contributed by atoms with Crippen LogP contribution in [0.15, 0.2) is 42.1 Å². The lowest BCUT2D eigenvalue weighted by Gasteiger charge is -2.19. The fourth-order valence-corrected chi connectivity index (χ4v) is 2.11. The van der Waals surface area contributed by atoms with E-state index in [2.05, 4.69) is 22.4 Å². The molecule has 1 aromatic rings. The maximum atomic E-state index is 12.1. The molecule has 7 nitrogen and oxygen atoms in total. The van der Waals surface area contributed by atoms with Crippen LogP contribution < -0.4 is 10.6 Å². The molecule has 1 atom stereocenters. The first kappa shape index (κ1) is 20.2. The molecule has 7 heteroatoms. The average Bonchev–Trinajstić information content (AvgIpc) is 2.58. The molecule has 25 heavy (non-hydrogen) atoms. The van der Waals surface area contributed by atoms with Crippen LogP contribution in [0, 0.1) is 5.92 Å². The van der Waals surface area contributed by atoms with Gasteiger partial charge in [0.25, 0.3) is 0 Å². The number of anilines is 1. The Bertz CT molecular complexity index is 624. The maximum Gasteiger partial charge on any atom is 0.329 e. The van der Waals surface area contributed by atoms with E-state index in [-0.39, 0.29) is 12.5 Å². The topological polar surface area (TPSA) is 100 Å². The Hall–Kier alpha value is -2.83. The molecule has 0 saturated heterocycles. The second kappa shape index (κ2) is 10.1. The van der Waals surface area contributed by atoms with Gasteiger partial charge in [0.15, 0.2) is 0 Å². The largest absolute Gasteiger partial charge is 0.460 e. The smallest absolute Gasteiger partial charge is 0.329 e. The van der Waals surface area contributed by atoms with E-state index in [1.54, 1.807) is 31.2 Å². The van der Waals surface area contributed by atoms with Crippen molar-refractivity contribution in [1.29, 1.82) is 0 Å². The summed E-state index contributed by atoms with van der Waals surface area (Å²) in [5, 5.41) is 17.2. The molecule has 0 aliphatic rings. The van der Waals surface area contributed by atoms with Gasteiger partial charge in [-0.1, -0.05) is 43.8 Å². The van der Waals surface area contributed by atoms with E-state index in [9.17, 15) is 9.59 Å². The number of oxime groups is 1. The fourth-order valence-electron chi connectivity index (χ4n) is 2.11. The van der Waals surface area contributed by atoms with E-state index in [4.69, 9.17) is 9.94 Å². The summed E-state index contributed by atoms with van der Waals surface area (Å²) in [6, 6.07) is 5.56. The number of carbonyl (C=O) groups excluding carboxylic acids is 2. The number of benzene rings is 1. The van der Waals surface area contributed by atoms with Crippen molar-refractivity contribution in [3.8, 4) is 0 Å². The number of esters is 1. The number of urea groups is 1. The molecule has 1 aromatic carbocycles. The molecule has 136 valence electrons. The summed E-state index contributed by atoms with van der Waals surface area (Å²) in [6.45, 7) is 9.17. The summed E-state index contributed by atoms with van der Waals surface area (Å²) in [5.41, 5.74) is 1.76. The van der Waals surface area contributed by atoms with Gasteiger partial charge >= 0.3 is 12.0 Å². The maximum absolute atomic E-state index is 12.1. The van der Waals surface area contributed by atoms with Crippen LogP contribution in [-0.2, 0) is 9.53 Å². The van der Waals surface area contributed by atoms with Crippen LogP contribution in [-0.4, -0.2) is 35.6 Å². The van der Waals surface area contributed by atoms with Gasteiger partial charge in [0.2, 0.25) is 0 Å². The Morgan fingerprint density at radius 2 is 1.96 bits per heavy atom. The third-order valence-corrected chi connectivity index (χ3v) is 3.35. The second-order valence-electron chi connectivity index (χ2n) is 5.96. The van der Waals surface area contributed by atoms with Crippen molar-refractivity contribution in [2.24, 2.45) is 11.1 Å². The predicted octanol–water partition coefficient (Wildman–Crippen LogP) is 3.15. The number of ether oxygens (including phenoxy) is 1. The van der Waals surface area contributed by atoms with Gasteiger partial charge < -0.3 is 20.6 Å². The quantitative estimate of drug-likeness (QED) is 0.221. The molecule has 0 spiro atoms. The molecular weight excluding hydrogens is 322 g/mol. The molecule has 0 fully saturated rings. The molecule has 2 amide bonds. The summed E-state index contributed by atoms with van der Waals surface area (Å²) in [6.07, 6.45) is 1.94. The highest BCUT2D eigenvalue weighted by Gasteiger charge is 2.23. The molecule has 0 aliphatic heterocycles. The van der Waals surface area contributed by atoms with Gasteiger partial charge in [-0.05, 0) is 37.0 Å². The zero-order chi connectivity index (χ0) is 18.8. The van der Waals surface area contributed by atoms with Crippen LogP contribution in [0.1, 0.15) is 32.8 Å². The standard InChI is InChI=1S/C18H25N3O4/c1-5-10-25-17(22)16(11-12(2)3)20-18(23)19-15-8-6-14(7-9-15)13(4)21-24/h5-9,12,16,24H,1,10-11H2,2-4H3,(H2,19,20,23)/b21-13+. The van der Waals surface area contributed by atoms with E-state index in [1.165, 1.54) is 6.08 Å². The number of rotatable bonds is 8. The highest BCUT2D eigenvalue weighted by atomic mass is 16.5. The van der Waals surface area contributed by atoms with Crippen LogP contribution in [0.2, 0.25) is 0 Å². The van der Waals surface area contributed by atoms with Gasteiger partial charge in [0.05, 0.1) is 5.71 Å². The van der Waals surface area contributed by atoms with Crippen molar-refractivity contribution in [3.05, 3.63) is 42.5 Å². The zero-order valence-electron chi connectivity index (χ0n) is 14.8. The van der Waals surface area contributed by atoms with E-state index in [1.807, 2.05) is 13.8 Å². The fraction of sp³-hybridized carbons (Fsp3) is 0.389. The molecule has 1 rings (SSSR count). The summed E-state index contributed by atoms with van der Waals surface area (Å²) in [7, 11) is 0. The summed E-state index contributed by atoms with van der Waals surface area (Å²) >= 11 is 0. The first-order valence-corrected chi connectivity index (χ1v) is 8.01. The van der Waals surface area contributed by atoms with Crippen molar-refractivity contribution in [3.63, 3.8) is 0 Å². The zero-order valence-corrected chi connectivity index (χ0v) is 14.8. The molecular formula is C18H25N3O4. The van der Waals surface area contributed by atoms with Crippen LogP contribution in [0.3, 0.4) is 0 Å². The highest BCUT2D eigenvalue weighted by molar-refractivity contribution is 5.99. The Morgan fingerprint density at radius 1 is 1.32 bits per heavy atom. The number of hydrogen-bond acceptors (Lipinski definition) is 5. The Kier molecular flexibility index (Phi) is 8.18. The Morgan fingerprint density at radius 3 is 2.48 bits per heavy atom. The molecule has 0 radical (unpaired) electrons. The molecule has 3 N–H and O–H groups in total. The monoisotopic (exact) mass is 347 g/mol. The third kappa shape index (κ3) is 7.07.